The van der Waals surface area contributed by atoms with Crippen LogP contribution in [0.15, 0.2) is 40.3 Å². The summed E-state index contributed by atoms with van der Waals surface area (Å²) in [6, 6.07) is 8.33. The van der Waals surface area contributed by atoms with E-state index in [1.165, 1.54) is 10.6 Å². The molecule has 1 aromatic carbocycles. The van der Waals surface area contributed by atoms with Gasteiger partial charge in [-0.25, -0.2) is 0 Å². The smallest absolute Gasteiger partial charge is 0.155 e. The highest BCUT2D eigenvalue weighted by Gasteiger charge is 2.24. The van der Waals surface area contributed by atoms with Crippen LogP contribution in [0.25, 0.3) is 0 Å². The normalized spacial score (nSPS) is 16.4. The molecule has 2 rings (SSSR count). The zero-order valence-corrected chi connectivity index (χ0v) is 11.1. The van der Waals surface area contributed by atoms with Gasteiger partial charge >= 0.3 is 0 Å². The highest BCUT2D eigenvalue weighted by molar-refractivity contribution is 8.03. The third-order valence-electron chi connectivity index (χ3n) is 2.70. The first-order valence-electron chi connectivity index (χ1n) is 5.99. The van der Waals surface area contributed by atoms with Crippen LogP contribution in [-0.2, 0) is 4.79 Å². The zero-order chi connectivity index (χ0) is 12.3. The van der Waals surface area contributed by atoms with Gasteiger partial charge in [-0.05, 0) is 25.5 Å². The number of nitrogens with zero attached hydrogens (tertiary/aromatic N) is 1. The number of carbonyl (C=O) groups is 1. The molecule has 1 heterocycles. The summed E-state index contributed by atoms with van der Waals surface area (Å²) >= 11 is 1.69. The molecule has 1 aliphatic heterocycles. The van der Waals surface area contributed by atoms with Crippen molar-refractivity contribution in [1.82, 2.24) is 0 Å². The van der Waals surface area contributed by atoms with Gasteiger partial charge in [0.25, 0.3) is 0 Å². The van der Waals surface area contributed by atoms with Crippen LogP contribution in [0.4, 0.5) is 5.69 Å². The number of thioether (sulfide) groups is 1. The molecule has 0 amide bonds. The summed E-state index contributed by atoms with van der Waals surface area (Å²) in [7, 11) is 0. The first kappa shape index (κ1) is 12.2. The highest BCUT2D eigenvalue weighted by atomic mass is 32.2. The van der Waals surface area contributed by atoms with Gasteiger partial charge in [0.2, 0.25) is 0 Å². The zero-order valence-electron chi connectivity index (χ0n) is 10.3. The van der Waals surface area contributed by atoms with E-state index in [0.29, 0.717) is 0 Å². The Labute approximate surface area is 107 Å². The number of ketones is 1. The second-order valence-electron chi connectivity index (χ2n) is 4.17. The molecule has 0 saturated carbocycles. The number of para-hydroxylation sites is 1. The summed E-state index contributed by atoms with van der Waals surface area (Å²) in [5.41, 5.74) is 1.23. The van der Waals surface area contributed by atoms with E-state index in [1.807, 2.05) is 6.07 Å². The molecule has 90 valence electrons. The number of fused-ring (bicyclic) bond motifs is 1. The first-order chi connectivity index (χ1) is 8.22. The van der Waals surface area contributed by atoms with Crippen molar-refractivity contribution >= 4 is 23.2 Å². The largest absolute Gasteiger partial charge is 0.335 e. The minimum Gasteiger partial charge on any atom is -0.335 e. The average molecular weight is 247 g/mol. The summed E-state index contributed by atoms with van der Waals surface area (Å²) in [6.45, 7) is 4.78. The third-order valence-corrected chi connectivity index (χ3v) is 3.81. The molecule has 0 bridgehead atoms. The Morgan fingerprint density at radius 3 is 2.88 bits per heavy atom. The van der Waals surface area contributed by atoms with Crippen LogP contribution in [0.5, 0.6) is 0 Å². The topological polar surface area (TPSA) is 20.3 Å². The standard InChI is InChI=1S/C14H17NOS/c1-3-4-9-15-12-7-5-6-8-13(12)17-14(15)10-11(2)16/h5-8,10H,3-4,9H2,1-2H3/b14-10-. The lowest BCUT2D eigenvalue weighted by molar-refractivity contribution is -0.112. The molecule has 0 aliphatic carbocycles. The van der Waals surface area contributed by atoms with Gasteiger partial charge in [-0.3, -0.25) is 4.79 Å². The van der Waals surface area contributed by atoms with Crippen LogP contribution in [0, 0.1) is 0 Å². The summed E-state index contributed by atoms with van der Waals surface area (Å²) in [5.74, 6) is 0.113. The number of unbranched alkanes of at least 4 members (excludes halogenated alkanes) is 1. The van der Waals surface area contributed by atoms with Crippen molar-refractivity contribution in [2.45, 2.75) is 31.6 Å². The van der Waals surface area contributed by atoms with Crippen molar-refractivity contribution in [3.8, 4) is 0 Å². The Kier molecular flexibility index (Phi) is 3.89. The maximum absolute atomic E-state index is 11.3. The van der Waals surface area contributed by atoms with Gasteiger partial charge in [-0.15, -0.1) is 0 Å². The van der Waals surface area contributed by atoms with E-state index >= 15 is 0 Å². The van der Waals surface area contributed by atoms with E-state index in [-0.39, 0.29) is 5.78 Å². The number of carbonyl (C=O) groups excluding carboxylic acids is 1. The predicted octanol–water partition coefficient (Wildman–Crippen LogP) is 3.83. The van der Waals surface area contributed by atoms with Crippen molar-refractivity contribution in [1.29, 1.82) is 0 Å². The van der Waals surface area contributed by atoms with E-state index in [1.54, 1.807) is 24.8 Å². The first-order valence-corrected chi connectivity index (χ1v) is 6.80. The van der Waals surface area contributed by atoms with Gasteiger partial charge in [0.15, 0.2) is 5.78 Å². The number of rotatable bonds is 4. The highest BCUT2D eigenvalue weighted by Crippen LogP contribution is 2.45. The van der Waals surface area contributed by atoms with Crippen molar-refractivity contribution in [3.63, 3.8) is 0 Å². The van der Waals surface area contributed by atoms with Gasteiger partial charge in [-0.1, -0.05) is 37.2 Å². The van der Waals surface area contributed by atoms with Crippen LogP contribution in [0.2, 0.25) is 0 Å². The van der Waals surface area contributed by atoms with Gasteiger partial charge < -0.3 is 4.90 Å². The van der Waals surface area contributed by atoms with E-state index < -0.39 is 0 Å². The molecule has 1 aromatic rings. The monoisotopic (exact) mass is 247 g/mol. The van der Waals surface area contributed by atoms with E-state index in [0.717, 1.165) is 24.4 Å². The molecule has 1 aliphatic rings. The quantitative estimate of drug-likeness (QED) is 0.754. The molecule has 0 aromatic heterocycles. The molecule has 2 nitrogen and oxygen atoms in total. The number of benzene rings is 1. The van der Waals surface area contributed by atoms with Gasteiger partial charge in [0.1, 0.15) is 0 Å². The third kappa shape index (κ3) is 2.72. The molecular formula is C14H17NOS. The van der Waals surface area contributed by atoms with Crippen LogP contribution >= 0.6 is 11.8 Å². The fourth-order valence-corrected chi connectivity index (χ4v) is 3.06. The van der Waals surface area contributed by atoms with Crippen molar-refractivity contribution in [2.24, 2.45) is 0 Å². The van der Waals surface area contributed by atoms with Crippen LogP contribution in [0.1, 0.15) is 26.7 Å². The van der Waals surface area contributed by atoms with Crippen molar-refractivity contribution in [3.05, 3.63) is 35.4 Å². The number of hydrogen-bond donors (Lipinski definition) is 0. The lowest BCUT2D eigenvalue weighted by Gasteiger charge is -2.19. The Hall–Kier alpha value is -1.22. The molecule has 17 heavy (non-hydrogen) atoms. The van der Waals surface area contributed by atoms with Crippen molar-refractivity contribution < 1.29 is 4.79 Å². The Morgan fingerprint density at radius 2 is 2.18 bits per heavy atom. The SMILES string of the molecule is CCCCN1/C(=C/C(C)=O)Sc2ccccc21. The summed E-state index contributed by atoms with van der Waals surface area (Å²) in [6.07, 6.45) is 4.04. The molecule has 0 atom stereocenters. The van der Waals surface area contributed by atoms with Gasteiger partial charge in [0.05, 0.1) is 10.7 Å². The Balaban J connectivity index is 2.30. The summed E-state index contributed by atoms with van der Waals surface area (Å²) in [4.78, 5) is 14.8. The molecule has 0 N–H and O–H groups in total. The minimum atomic E-state index is 0.113. The summed E-state index contributed by atoms with van der Waals surface area (Å²) in [5, 5.41) is 1.06. The Bertz CT molecular complexity index is 453. The second kappa shape index (κ2) is 5.41. The predicted molar refractivity (Wildman–Crippen MR) is 73.3 cm³/mol. The van der Waals surface area contributed by atoms with E-state index in [2.05, 4.69) is 30.0 Å². The van der Waals surface area contributed by atoms with Crippen LogP contribution in [0.3, 0.4) is 0 Å². The number of hydrogen-bond acceptors (Lipinski definition) is 3. The molecule has 0 saturated heterocycles. The van der Waals surface area contributed by atoms with Crippen LogP contribution in [-0.4, -0.2) is 12.3 Å². The van der Waals surface area contributed by atoms with Gasteiger partial charge in [0, 0.05) is 17.5 Å². The Morgan fingerprint density at radius 1 is 1.41 bits per heavy atom. The molecule has 0 spiro atoms. The number of anilines is 1. The molecular weight excluding hydrogens is 230 g/mol. The number of allylic oxidation sites excluding steroid dienone is 1. The van der Waals surface area contributed by atoms with E-state index in [4.69, 9.17) is 0 Å². The van der Waals surface area contributed by atoms with Crippen LogP contribution < -0.4 is 4.90 Å². The maximum Gasteiger partial charge on any atom is 0.155 e. The van der Waals surface area contributed by atoms with Gasteiger partial charge in [-0.2, -0.15) is 0 Å². The van der Waals surface area contributed by atoms with E-state index in [9.17, 15) is 4.79 Å². The lowest BCUT2D eigenvalue weighted by Crippen LogP contribution is -2.19. The maximum atomic E-state index is 11.3. The fraction of sp³-hybridized carbons (Fsp3) is 0.357. The second-order valence-corrected chi connectivity index (χ2v) is 5.23. The lowest BCUT2D eigenvalue weighted by atomic mass is 10.2. The molecule has 0 fully saturated rings. The fourth-order valence-electron chi connectivity index (χ4n) is 1.88. The molecule has 0 radical (unpaired) electrons. The molecule has 0 unspecified atom stereocenters. The minimum absolute atomic E-state index is 0.113. The molecule has 3 heteroatoms. The summed E-state index contributed by atoms with van der Waals surface area (Å²) < 4.78 is 0. The average Bonchev–Trinajstić information content (AvgIpc) is 2.63. The van der Waals surface area contributed by atoms with Crippen molar-refractivity contribution in [2.75, 3.05) is 11.4 Å².